The predicted octanol–water partition coefficient (Wildman–Crippen LogP) is 1.07. The van der Waals surface area contributed by atoms with E-state index >= 15 is 0 Å². The molecule has 21 heavy (non-hydrogen) atoms. The van der Waals surface area contributed by atoms with Crippen molar-refractivity contribution >= 4 is 23.8 Å². The average Bonchev–Trinajstić information content (AvgIpc) is 2.86. The van der Waals surface area contributed by atoms with E-state index in [0.29, 0.717) is 11.6 Å². The molecule has 2 aliphatic heterocycles. The van der Waals surface area contributed by atoms with Crippen LogP contribution < -0.4 is 0 Å². The summed E-state index contributed by atoms with van der Waals surface area (Å²) in [6.07, 6.45) is -0.389. The van der Waals surface area contributed by atoms with Crippen LogP contribution in [0.2, 0.25) is 0 Å². The van der Waals surface area contributed by atoms with Gasteiger partial charge in [0.15, 0.2) is 0 Å². The molecule has 2 saturated heterocycles. The minimum atomic E-state index is -0.536. The molecule has 0 unspecified atom stereocenters. The number of rotatable bonds is 1. The molecule has 1 atom stereocenters. The van der Waals surface area contributed by atoms with Gasteiger partial charge in [0.1, 0.15) is 11.6 Å². The van der Waals surface area contributed by atoms with Crippen LogP contribution >= 0.6 is 11.8 Å². The number of carbonyl (C=O) groups is 2. The highest BCUT2D eigenvalue weighted by Gasteiger charge is 2.39. The lowest BCUT2D eigenvalue weighted by atomic mass is 10.2. The molecule has 6 nitrogen and oxygen atoms in total. The molecule has 0 radical (unpaired) electrons. The topological polar surface area (TPSA) is 53.1 Å². The molecule has 2 fully saturated rings. The largest absolute Gasteiger partial charge is 0.444 e. The first-order chi connectivity index (χ1) is 9.78. The van der Waals surface area contributed by atoms with Gasteiger partial charge in [-0.3, -0.25) is 9.69 Å². The van der Waals surface area contributed by atoms with Crippen LogP contribution in [0.4, 0.5) is 4.79 Å². The number of piperazine rings is 1. The first-order valence-electron chi connectivity index (χ1n) is 7.32. The number of nitrogens with zero attached hydrogens (tertiary/aromatic N) is 3. The van der Waals surface area contributed by atoms with Crippen LogP contribution in [0.25, 0.3) is 0 Å². The number of thioether (sulfide) groups is 1. The summed E-state index contributed by atoms with van der Waals surface area (Å²) in [5.41, 5.74) is -0.536. The second kappa shape index (κ2) is 6.44. The molecule has 120 valence electrons. The summed E-state index contributed by atoms with van der Waals surface area (Å²) >= 11 is 1.60. The first-order valence-corrected chi connectivity index (χ1v) is 8.48. The zero-order chi connectivity index (χ0) is 15.6. The molecule has 2 amide bonds. The van der Waals surface area contributed by atoms with E-state index in [1.54, 1.807) is 16.7 Å². The summed E-state index contributed by atoms with van der Waals surface area (Å²) in [5, 5.41) is 0. The monoisotopic (exact) mass is 315 g/mol. The molecule has 2 heterocycles. The normalized spacial score (nSPS) is 24.3. The lowest BCUT2D eigenvalue weighted by Crippen LogP contribution is -2.54. The van der Waals surface area contributed by atoms with Gasteiger partial charge in [-0.25, -0.2) is 4.79 Å². The van der Waals surface area contributed by atoms with E-state index in [9.17, 15) is 9.59 Å². The van der Waals surface area contributed by atoms with Crippen molar-refractivity contribution in [3.63, 3.8) is 0 Å². The number of ether oxygens (including phenoxy) is 1. The van der Waals surface area contributed by atoms with E-state index in [2.05, 4.69) is 11.9 Å². The van der Waals surface area contributed by atoms with Gasteiger partial charge < -0.3 is 14.5 Å². The van der Waals surface area contributed by atoms with Crippen molar-refractivity contribution < 1.29 is 14.3 Å². The van der Waals surface area contributed by atoms with Crippen molar-refractivity contribution in [1.29, 1.82) is 0 Å². The fourth-order valence-electron chi connectivity index (χ4n) is 2.39. The first kappa shape index (κ1) is 16.4. The highest BCUT2D eigenvalue weighted by molar-refractivity contribution is 7.99. The summed E-state index contributed by atoms with van der Waals surface area (Å²) in [7, 11) is 2.06. The van der Waals surface area contributed by atoms with Gasteiger partial charge in [-0.2, -0.15) is 0 Å². The van der Waals surface area contributed by atoms with E-state index in [-0.39, 0.29) is 18.0 Å². The molecule has 0 spiro atoms. The fourth-order valence-corrected chi connectivity index (χ4v) is 3.52. The Morgan fingerprint density at radius 3 is 2.33 bits per heavy atom. The van der Waals surface area contributed by atoms with Crippen LogP contribution in [0.15, 0.2) is 0 Å². The Hall–Kier alpha value is -0.950. The lowest BCUT2D eigenvalue weighted by molar-refractivity contribution is -0.137. The van der Waals surface area contributed by atoms with Gasteiger partial charge in [0, 0.05) is 31.9 Å². The molecule has 0 bridgehead atoms. The van der Waals surface area contributed by atoms with Gasteiger partial charge in [-0.15, -0.1) is 11.8 Å². The van der Waals surface area contributed by atoms with Crippen LogP contribution in [0, 0.1) is 0 Å². The molecule has 0 aromatic heterocycles. The quantitative estimate of drug-likeness (QED) is 0.724. The molecule has 0 aliphatic carbocycles. The maximum absolute atomic E-state index is 12.6. The summed E-state index contributed by atoms with van der Waals surface area (Å²) < 4.78 is 5.40. The van der Waals surface area contributed by atoms with Crippen molar-refractivity contribution in [2.45, 2.75) is 32.4 Å². The molecule has 7 heteroatoms. The third-order valence-electron chi connectivity index (χ3n) is 3.61. The van der Waals surface area contributed by atoms with Crippen LogP contribution in [0.5, 0.6) is 0 Å². The van der Waals surface area contributed by atoms with Crippen LogP contribution in [-0.2, 0) is 9.53 Å². The Labute approximate surface area is 130 Å². The summed E-state index contributed by atoms with van der Waals surface area (Å²) in [4.78, 5) is 30.5. The Bertz CT molecular complexity index is 403. The van der Waals surface area contributed by atoms with Gasteiger partial charge in [-0.05, 0) is 27.8 Å². The molecule has 0 aromatic carbocycles. The van der Waals surface area contributed by atoms with Gasteiger partial charge >= 0.3 is 6.09 Å². The van der Waals surface area contributed by atoms with E-state index < -0.39 is 5.60 Å². The van der Waals surface area contributed by atoms with Crippen molar-refractivity contribution in [1.82, 2.24) is 14.7 Å². The number of likely N-dealkylation sites (N-methyl/N-ethyl adjacent to an activating group) is 1. The molecule has 2 aliphatic rings. The van der Waals surface area contributed by atoms with Crippen molar-refractivity contribution in [2.75, 3.05) is 44.9 Å². The van der Waals surface area contributed by atoms with Crippen LogP contribution in [0.3, 0.4) is 0 Å². The summed E-state index contributed by atoms with van der Waals surface area (Å²) in [6, 6.07) is -0.381. The van der Waals surface area contributed by atoms with E-state index in [4.69, 9.17) is 4.74 Å². The predicted molar refractivity (Wildman–Crippen MR) is 83.3 cm³/mol. The third-order valence-corrected chi connectivity index (χ3v) is 4.62. The highest BCUT2D eigenvalue weighted by Crippen LogP contribution is 2.25. The molecule has 2 rings (SSSR count). The third kappa shape index (κ3) is 4.26. The zero-order valence-corrected chi connectivity index (χ0v) is 14.1. The van der Waals surface area contributed by atoms with Crippen molar-refractivity contribution in [3.05, 3.63) is 0 Å². The summed E-state index contributed by atoms with van der Waals surface area (Å²) in [6.45, 7) is 8.76. The van der Waals surface area contributed by atoms with E-state index in [1.807, 2.05) is 25.7 Å². The second-order valence-corrected chi connectivity index (χ2v) is 7.59. The van der Waals surface area contributed by atoms with Gasteiger partial charge in [0.2, 0.25) is 5.91 Å². The minimum Gasteiger partial charge on any atom is -0.444 e. The standard InChI is InChI=1S/C14H25N3O3S/c1-14(2,3)20-13(19)17-10-21-9-11(17)12(18)16-7-5-15(4)6-8-16/h11H,5-10H2,1-4H3/t11-/m1/s1. The highest BCUT2D eigenvalue weighted by atomic mass is 32.2. The Kier molecular flexibility index (Phi) is 5.03. The Morgan fingerprint density at radius 2 is 1.76 bits per heavy atom. The number of amides is 2. The van der Waals surface area contributed by atoms with Crippen molar-refractivity contribution in [3.8, 4) is 0 Å². The van der Waals surface area contributed by atoms with Crippen LogP contribution in [-0.4, -0.2) is 83.2 Å². The van der Waals surface area contributed by atoms with Gasteiger partial charge in [0.05, 0.1) is 5.88 Å². The Morgan fingerprint density at radius 1 is 1.14 bits per heavy atom. The zero-order valence-electron chi connectivity index (χ0n) is 13.3. The molecular formula is C14H25N3O3S. The maximum Gasteiger partial charge on any atom is 0.411 e. The van der Waals surface area contributed by atoms with Gasteiger partial charge in [-0.1, -0.05) is 0 Å². The summed E-state index contributed by atoms with van der Waals surface area (Å²) in [5.74, 6) is 1.24. The van der Waals surface area contributed by atoms with E-state index in [0.717, 1.165) is 26.2 Å². The minimum absolute atomic E-state index is 0.0546. The number of hydrogen-bond donors (Lipinski definition) is 0. The average molecular weight is 315 g/mol. The molecular weight excluding hydrogens is 290 g/mol. The fraction of sp³-hybridized carbons (Fsp3) is 0.857. The molecule has 0 aromatic rings. The lowest BCUT2D eigenvalue weighted by Gasteiger charge is -2.35. The van der Waals surface area contributed by atoms with Crippen LogP contribution in [0.1, 0.15) is 20.8 Å². The second-order valence-electron chi connectivity index (χ2n) is 6.59. The maximum atomic E-state index is 12.6. The molecule has 0 saturated carbocycles. The number of carbonyl (C=O) groups excluding carboxylic acids is 2. The van der Waals surface area contributed by atoms with Gasteiger partial charge in [0.25, 0.3) is 0 Å². The number of hydrogen-bond acceptors (Lipinski definition) is 5. The van der Waals surface area contributed by atoms with Crippen molar-refractivity contribution in [2.24, 2.45) is 0 Å². The Balaban J connectivity index is 1.98. The smallest absolute Gasteiger partial charge is 0.411 e. The molecule has 0 N–H and O–H groups in total. The SMILES string of the molecule is CN1CCN(C(=O)[C@H]2CSCN2C(=O)OC(C)(C)C)CC1. The van der Waals surface area contributed by atoms with E-state index in [1.165, 1.54) is 0 Å².